The maximum atomic E-state index is 12.4. The topological polar surface area (TPSA) is 121 Å². The highest BCUT2D eigenvalue weighted by Crippen LogP contribution is 2.14. The number of fused-ring (bicyclic) bond motifs is 1. The van der Waals surface area contributed by atoms with E-state index in [2.05, 4.69) is 15.5 Å². The largest absolute Gasteiger partial charge is 0.479 e. The van der Waals surface area contributed by atoms with E-state index in [0.717, 1.165) is 0 Å². The van der Waals surface area contributed by atoms with Crippen molar-refractivity contribution in [3.05, 3.63) is 40.3 Å². The average molecular weight is 305 g/mol. The summed E-state index contributed by atoms with van der Waals surface area (Å²) in [5.41, 5.74) is -2.09. The third-order valence-corrected chi connectivity index (χ3v) is 3.21. The van der Waals surface area contributed by atoms with Crippen molar-refractivity contribution in [3.8, 4) is 0 Å². The highest BCUT2D eigenvalue weighted by molar-refractivity contribution is 6.06. The van der Waals surface area contributed by atoms with Crippen LogP contribution in [0.1, 0.15) is 17.4 Å². The molecule has 0 aliphatic rings. The van der Waals surface area contributed by atoms with E-state index in [1.54, 1.807) is 24.3 Å². The number of nitrogens with one attached hydrogen (secondary N) is 2. The molecule has 0 saturated carbocycles. The van der Waals surface area contributed by atoms with Crippen LogP contribution in [0.4, 0.5) is 0 Å². The van der Waals surface area contributed by atoms with Crippen LogP contribution in [0, 0.1) is 0 Å². The third-order valence-electron chi connectivity index (χ3n) is 3.21. The summed E-state index contributed by atoms with van der Waals surface area (Å²) in [4.78, 5) is 35.4. The summed E-state index contributed by atoms with van der Waals surface area (Å²) in [7, 11) is 1.33. The molecule has 2 rings (SSSR count). The maximum absolute atomic E-state index is 12.4. The molecular weight excluding hydrogens is 290 g/mol. The zero-order valence-corrected chi connectivity index (χ0v) is 12.0. The van der Waals surface area contributed by atoms with Crippen molar-refractivity contribution in [2.24, 2.45) is 0 Å². The van der Waals surface area contributed by atoms with E-state index in [0.29, 0.717) is 10.8 Å². The van der Waals surface area contributed by atoms with E-state index in [-0.39, 0.29) is 12.3 Å². The lowest BCUT2D eigenvalue weighted by atomic mass is 10.0. The lowest BCUT2D eigenvalue weighted by Gasteiger charge is -2.25. The smallest absolute Gasteiger partial charge is 0.331 e. The van der Waals surface area contributed by atoms with Crippen molar-refractivity contribution in [1.82, 2.24) is 15.5 Å². The zero-order valence-electron chi connectivity index (χ0n) is 12.0. The van der Waals surface area contributed by atoms with Crippen molar-refractivity contribution in [2.45, 2.75) is 12.5 Å². The van der Waals surface area contributed by atoms with Crippen LogP contribution in [-0.4, -0.2) is 46.4 Å². The number of benzene rings is 1. The Labute approximate surface area is 125 Å². The molecule has 116 valence electrons. The molecule has 8 nitrogen and oxygen atoms in total. The number of hydrogen-bond donors (Lipinski definition) is 3. The summed E-state index contributed by atoms with van der Waals surface area (Å²) in [6.07, 6.45) is 0. The molecular formula is C14H15N3O5. The quantitative estimate of drug-likeness (QED) is 0.722. The average Bonchev–Trinajstić information content (AvgIpc) is 2.47. The van der Waals surface area contributed by atoms with Gasteiger partial charge in [0.25, 0.3) is 11.5 Å². The number of aromatic nitrogens is 2. The number of aromatic amines is 1. The summed E-state index contributed by atoms with van der Waals surface area (Å²) in [5.74, 6) is -1.95. The zero-order chi connectivity index (χ0) is 16.3. The second kappa shape index (κ2) is 5.94. The number of nitrogens with zero attached hydrogens (tertiary/aromatic N) is 1. The Hall–Kier alpha value is -2.74. The van der Waals surface area contributed by atoms with Crippen molar-refractivity contribution in [1.29, 1.82) is 0 Å². The number of aliphatic carboxylic acids is 1. The van der Waals surface area contributed by atoms with Crippen molar-refractivity contribution in [3.63, 3.8) is 0 Å². The Morgan fingerprint density at radius 2 is 2.00 bits per heavy atom. The molecule has 1 atom stereocenters. The van der Waals surface area contributed by atoms with E-state index in [1.165, 1.54) is 14.0 Å². The molecule has 8 heteroatoms. The van der Waals surface area contributed by atoms with E-state index in [4.69, 9.17) is 4.74 Å². The van der Waals surface area contributed by atoms with Crippen LogP contribution in [0.15, 0.2) is 29.1 Å². The summed E-state index contributed by atoms with van der Waals surface area (Å²) >= 11 is 0. The molecule has 0 saturated heterocycles. The molecule has 0 fully saturated rings. The number of methoxy groups -OCH3 is 1. The molecule has 0 spiro atoms. The van der Waals surface area contributed by atoms with Gasteiger partial charge in [-0.25, -0.2) is 9.89 Å². The van der Waals surface area contributed by atoms with Gasteiger partial charge in [-0.15, -0.1) is 0 Å². The molecule has 1 aromatic heterocycles. The van der Waals surface area contributed by atoms with E-state index < -0.39 is 23.0 Å². The molecule has 0 aliphatic heterocycles. The molecule has 1 amide bonds. The fourth-order valence-electron chi connectivity index (χ4n) is 2.04. The van der Waals surface area contributed by atoms with E-state index in [9.17, 15) is 19.5 Å². The highest BCUT2D eigenvalue weighted by Gasteiger charge is 2.36. The molecule has 2 aromatic rings. The van der Waals surface area contributed by atoms with Gasteiger partial charge in [-0.05, 0) is 13.0 Å². The van der Waals surface area contributed by atoms with Gasteiger partial charge in [0.1, 0.15) is 0 Å². The van der Waals surface area contributed by atoms with Crippen molar-refractivity contribution >= 4 is 22.6 Å². The number of ether oxygens (including phenoxy) is 1. The predicted molar refractivity (Wildman–Crippen MR) is 77.7 cm³/mol. The molecule has 0 radical (unpaired) electrons. The predicted octanol–water partition coefficient (Wildman–Crippen LogP) is 0.143. The van der Waals surface area contributed by atoms with Crippen LogP contribution in [0.2, 0.25) is 0 Å². The first-order valence-electron chi connectivity index (χ1n) is 6.41. The van der Waals surface area contributed by atoms with Crippen molar-refractivity contribution < 1.29 is 19.4 Å². The normalized spacial score (nSPS) is 13.5. The Balaban J connectivity index is 2.44. The fraction of sp³-hybridized carbons (Fsp3) is 0.286. The first-order chi connectivity index (χ1) is 10.4. The number of amides is 1. The summed E-state index contributed by atoms with van der Waals surface area (Å²) in [6, 6.07) is 6.44. The highest BCUT2D eigenvalue weighted by atomic mass is 16.5. The minimum Gasteiger partial charge on any atom is -0.479 e. The van der Waals surface area contributed by atoms with Gasteiger partial charge in [-0.1, -0.05) is 18.2 Å². The first kappa shape index (κ1) is 15.6. The number of carbonyl (C=O) groups excluding carboxylic acids is 1. The van der Waals surface area contributed by atoms with Crippen LogP contribution < -0.4 is 10.9 Å². The van der Waals surface area contributed by atoms with Crippen LogP contribution in [0.5, 0.6) is 0 Å². The van der Waals surface area contributed by atoms with Crippen LogP contribution in [0.3, 0.4) is 0 Å². The first-order valence-corrected chi connectivity index (χ1v) is 6.41. The minimum atomic E-state index is -1.61. The monoisotopic (exact) mass is 305 g/mol. The molecule has 1 aromatic carbocycles. The number of hydrogen-bond acceptors (Lipinski definition) is 5. The number of carboxylic acids is 1. The van der Waals surface area contributed by atoms with Gasteiger partial charge in [-0.3, -0.25) is 9.59 Å². The van der Waals surface area contributed by atoms with Crippen LogP contribution in [0.25, 0.3) is 10.8 Å². The summed E-state index contributed by atoms with van der Waals surface area (Å²) in [6.45, 7) is 1.11. The molecule has 0 bridgehead atoms. The summed E-state index contributed by atoms with van der Waals surface area (Å²) in [5, 5.41) is 18.2. The van der Waals surface area contributed by atoms with Crippen LogP contribution in [-0.2, 0) is 9.53 Å². The van der Waals surface area contributed by atoms with E-state index in [1.807, 2.05) is 0 Å². The van der Waals surface area contributed by atoms with Gasteiger partial charge in [0.2, 0.25) is 0 Å². The Bertz CT molecular complexity index is 785. The minimum absolute atomic E-state index is 0.0567. The number of carbonyl (C=O) groups is 2. The SMILES string of the molecule is COCC(C)(NC(=O)c1n[nH]c(=O)c2ccccc12)C(=O)O. The molecule has 3 N–H and O–H groups in total. The van der Waals surface area contributed by atoms with Crippen LogP contribution >= 0.6 is 0 Å². The third kappa shape index (κ3) is 2.82. The van der Waals surface area contributed by atoms with Gasteiger partial charge in [0, 0.05) is 12.5 Å². The lowest BCUT2D eigenvalue weighted by Crippen LogP contribution is -2.55. The Morgan fingerprint density at radius 3 is 2.59 bits per heavy atom. The number of carboxylic acid groups (broad SMARTS) is 1. The van der Waals surface area contributed by atoms with Gasteiger partial charge >= 0.3 is 5.97 Å². The lowest BCUT2D eigenvalue weighted by molar-refractivity contribution is -0.145. The maximum Gasteiger partial charge on any atom is 0.331 e. The van der Waals surface area contributed by atoms with Gasteiger partial charge in [-0.2, -0.15) is 5.10 Å². The Kier molecular flexibility index (Phi) is 4.22. The van der Waals surface area contributed by atoms with Gasteiger partial charge in [0.05, 0.1) is 12.0 Å². The fourth-order valence-corrected chi connectivity index (χ4v) is 2.04. The molecule has 1 heterocycles. The number of H-pyrrole nitrogens is 1. The number of rotatable bonds is 5. The van der Waals surface area contributed by atoms with Gasteiger partial charge < -0.3 is 15.2 Å². The molecule has 22 heavy (non-hydrogen) atoms. The van der Waals surface area contributed by atoms with Gasteiger partial charge in [0.15, 0.2) is 11.2 Å². The standard InChI is InChI=1S/C14H15N3O5/c1-14(7-22-2,13(20)21)15-12(19)10-8-5-3-4-6-9(8)11(18)17-16-10/h3-6H,7H2,1-2H3,(H,15,19)(H,17,18)(H,20,21). The summed E-state index contributed by atoms with van der Waals surface area (Å²) < 4.78 is 4.84. The second-order valence-electron chi connectivity index (χ2n) is 4.97. The van der Waals surface area contributed by atoms with E-state index >= 15 is 0 Å². The Morgan fingerprint density at radius 1 is 1.36 bits per heavy atom. The molecule has 1 unspecified atom stereocenters. The molecule has 0 aliphatic carbocycles. The second-order valence-corrected chi connectivity index (χ2v) is 4.97. The van der Waals surface area contributed by atoms with Crippen molar-refractivity contribution in [2.75, 3.05) is 13.7 Å².